The van der Waals surface area contributed by atoms with Gasteiger partial charge in [0.15, 0.2) is 0 Å². The van der Waals surface area contributed by atoms with Gasteiger partial charge in [-0.15, -0.1) is 0 Å². The Balaban J connectivity index is 2.44. The largest absolute Gasteiger partial charge is 0.373 e. The minimum absolute atomic E-state index is 0.0157. The van der Waals surface area contributed by atoms with E-state index in [-0.39, 0.29) is 35.9 Å². The Labute approximate surface area is 123 Å². The molecule has 1 fully saturated rings. The van der Waals surface area contributed by atoms with E-state index in [2.05, 4.69) is 0 Å². The highest BCUT2D eigenvalue weighted by atomic mass is 32.2. The number of benzene rings is 1. The van der Waals surface area contributed by atoms with Crippen LogP contribution in [0.2, 0.25) is 0 Å². The van der Waals surface area contributed by atoms with Crippen LogP contribution in [0.3, 0.4) is 0 Å². The summed E-state index contributed by atoms with van der Waals surface area (Å²) < 4.78 is 32.3. The van der Waals surface area contributed by atoms with Crippen LogP contribution in [0.1, 0.15) is 19.4 Å². The maximum absolute atomic E-state index is 12.7. The van der Waals surface area contributed by atoms with Gasteiger partial charge in [-0.2, -0.15) is 4.31 Å². The number of hydrogen-bond donors (Lipinski definition) is 0. The molecule has 0 aromatic heterocycles. The number of aryl methyl sites for hydroxylation is 1. The second kappa shape index (κ2) is 5.70. The normalized spacial score (nSPS) is 24.0. The first kappa shape index (κ1) is 15.9. The summed E-state index contributed by atoms with van der Waals surface area (Å²) in [5.74, 6) is 0. The van der Waals surface area contributed by atoms with E-state index in [0.717, 1.165) is 6.07 Å². The topological polar surface area (TPSA) is 89.8 Å². The lowest BCUT2D eigenvalue weighted by molar-refractivity contribution is -0.385. The maximum atomic E-state index is 12.7. The van der Waals surface area contributed by atoms with Gasteiger partial charge in [0.25, 0.3) is 5.69 Å². The van der Waals surface area contributed by atoms with Crippen LogP contribution >= 0.6 is 0 Å². The lowest BCUT2D eigenvalue weighted by Gasteiger charge is -2.34. The van der Waals surface area contributed by atoms with E-state index in [1.807, 2.05) is 0 Å². The van der Waals surface area contributed by atoms with Gasteiger partial charge < -0.3 is 4.74 Å². The molecule has 1 aliphatic heterocycles. The molecular weight excluding hydrogens is 296 g/mol. The molecule has 0 spiro atoms. The second-order valence-corrected chi connectivity index (χ2v) is 7.19. The predicted octanol–water partition coefficient (Wildman–Crippen LogP) is 1.70. The van der Waals surface area contributed by atoms with E-state index in [9.17, 15) is 18.5 Å². The number of rotatable bonds is 3. The third kappa shape index (κ3) is 3.22. The standard InChI is InChI=1S/C13H18N2O5S/c1-9-4-5-12(15(16)17)6-13(9)21(18,19)14-7-10(2)20-11(3)8-14/h4-6,10-11H,7-8H2,1-3H3/t10-,11-/m1/s1. The number of nitro benzene ring substituents is 1. The molecule has 21 heavy (non-hydrogen) atoms. The molecule has 2 rings (SSSR count). The summed E-state index contributed by atoms with van der Waals surface area (Å²) in [5.41, 5.74) is 0.265. The van der Waals surface area contributed by atoms with E-state index in [4.69, 9.17) is 4.74 Å². The molecule has 116 valence electrons. The van der Waals surface area contributed by atoms with E-state index >= 15 is 0 Å². The molecule has 0 amide bonds. The average Bonchev–Trinajstić information content (AvgIpc) is 2.37. The molecule has 1 aromatic carbocycles. The predicted molar refractivity (Wildman–Crippen MR) is 76.6 cm³/mol. The summed E-state index contributed by atoms with van der Waals surface area (Å²) in [6, 6.07) is 3.88. The highest BCUT2D eigenvalue weighted by Gasteiger charge is 2.33. The van der Waals surface area contributed by atoms with Crippen molar-refractivity contribution in [3.8, 4) is 0 Å². The molecule has 0 radical (unpaired) electrons. The van der Waals surface area contributed by atoms with E-state index in [1.54, 1.807) is 20.8 Å². The van der Waals surface area contributed by atoms with Crippen LogP contribution in [-0.4, -0.2) is 42.9 Å². The number of nitro groups is 1. The lowest BCUT2D eigenvalue weighted by Crippen LogP contribution is -2.48. The number of sulfonamides is 1. The second-order valence-electron chi connectivity index (χ2n) is 5.29. The molecule has 1 aromatic rings. The van der Waals surface area contributed by atoms with Crippen molar-refractivity contribution in [1.29, 1.82) is 0 Å². The van der Waals surface area contributed by atoms with Gasteiger partial charge in [-0.25, -0.2) is 8.42 Å². The van der Waals surface area contributed by atoms with Gasteiger partial charge in [0.05, 0.1) is 22.0 Å². The van der Waals surface area contributed by atoms with Crippen molar-refractivity contribution >= 4 is 15.7 Å². The Kier molecular flexibility index (Phi) is 4.31. The van der Waals surface area contributed by atoms with Gasteiger partial charge in [-0.05, 0) is 26.3 Å². The van der Waals surface area contributed by atoms with Gasteiger partial charge in [0, 0.05) is 25.2 Å². The Morgan fingerprint density at radius 1 is 1.29 bits per heavy atom. The summed E-state index contributed by atoms with van der Waals surface area (Å²) in [6.45, 7) is 5.73. The zero-order valence-electron chi connectivity index (χ0n) is 12.1. The fourth-order valence-corrected chi connectivity index (χ4v) is 4.28. The van der Waals surface area contributed by atoms with Crippen molar-refractivity contribution < 1.29 is 18.1 Å². The highest BCUT2D eigenvalue weighted by Crippen LogP contribution is 2.26. The smallest absolute Gasteiger partial charge is 0.270 e. The van der Waals surface area contributed by atoms with Gasteiger partial charge >= 0.3 is 0 Å². The molecule has 0 aliphatic carbocycles. The number of hydrogen-bond acceptors (Lipinski definition) is 5. The molecular formula is C13H18N2O5S. The average molecular weight is 314 g/mol. The van der Waals surface area contributed by atoms with Crippen molar-refractivity contribution in [2.45, 2.75) is 37.9 Å². The Bertz CT molecular complexity index is 649. The molecule has 2 atom stereocenters. The number of ether oxygens (including phenoxy) is 1. The maximum Gasteiger partial charge on any atom is 0.270 e. The van der Waals surface area contributed by atoms with Gasteiger partial charge in [-0.1, -0.05) is 6.07 Å². The minimum atomic E-state index is -3.77. The molecule has 1 saturated heterocycles. The summed E-state index contributed by atoms with van der Waals surface area (Å²) in [5, 5.41) is 10.8. The lowest BCUT2D eigenvalue weighted by atomic mass is 10.2. The first-order valence-corrected chi connectivity index (χ1v) is 8.06. The van der Waals surface area contributed by atoms with Gasteiger partial charge in [0.2, 0.25) is 10.0 Å². The Hall–Kier alpha value is -1.51. The number of morpholine rings is 1. The minimum Gasteiger partial charge on any atom is -0.373 e. The molecule has 0 N–H and O–H groups in total. The summed E-state index contributed by atoms with van der Waals surface area (Å²) in [6.07, 6.45) is -0.412. The zero-order chi connectivity index (χ0) is 15.8. The van der Waals surface area contributed by atoms with Crippen LogP contribution in [0.4, 0.5) is 5.69 Å². The number of non-ortho nitro benzene ring substituents is 1. The molecule has 1 heterocycles. The van der Waals surface area contributed by atoms with Crippen molar-refractivity contribution in [2.24, 2.45) is 0 Å². The fourth-order valence-electron chi connectivity index (χ4n) is 2.45. The first-order chi connectivity index (χ1) is 9.71. The Morgan fingerprint density at radius 2 is 1.86 bits per heavy atom. The highest BCUT2D eigenvalue weighted by molar-refractivity contribution is 7.89. The fraction of sp³-hybridized carbons (Fsp3) is 0.538. The molecule has 8 heteroatoms. The van der Waals surface area contributed by atoms with Crippen molar-refractivity contribution in [2.75, 3.05) is 13.1 Å². The summed E-state index contributed by atoms with van der Waals surface area (Å²) in [4.78, 5) is 10.2. The van der Waals surface area contributed by atoms with Crippen LogP contribution in [0, 0.1) is 17.0 Å². The molecule has 1 aliphatic rings. The van der Waals surface area contributed by atoms with Crippen LogP contribution < -0.4 is 0 Å². The van der Waals surface area contributed by atoms with E-state index < -0.39 is 14.9 Å². The van der Waals surface area contributed by atoms with E-state index in [0.29, 0.717) is 5.56 Å². The third-order valence-corrected chi connectivity index (χ3v) is 5.36. The molecule has 0 saturated carbocycles. The molecule has 0 bridgehead atoms. The van der Waals surface area contributed by atoms with Gasteiger partial charge in [-0.3, -0.25) is 10.1 Å². The van der Waals surface area contributed by atoms with Crippen molar-refractivity contribution in [1.82, 2.24) is 4.31 Å². The quantitative estimate of drug-likeness (QED) is 0.625. The number of nitrogens with zero attached hydrogens (tertiary/aromatic N) is 2. The van der Waals surface area contributed by atoms with Crippen molar-refractivity contribution in [3.63, 3.8) is 0 Å². The van der Waals surface area contributed by atoms with Crippen molar-refractivity contribution in [3.05, 3.63) is 33.9 Å². The summed E-state index contributed by atoms with van der Waals surface area (Å²) >= 11 is 0. The van der Waals surface area contributed by atoms with Crippen LogP contribution in [-0.2, 0) is 14.8 Å². The van der Waals surface area contributed by atoms with Gasteiger partial charge in [0.1, 0.15) is 0 Å². The van der Waals surface area contributed by atoms with E-state index in [1.165, 1.54) is 16.4 Å². The molecule has 7 nitrogen and oxygen atoms in total. The van der Waals surface area contributed by atoms with Crippen LogP contribution in [0.15, 0.2) is 23.1 Å². The molecule has 0 unspecified atom stereocenters. The SMILES string of the molecule is Cc1ccc([N+](=O)[O-])cc1S(=O)(=O)N1C[C@@H](C)O[C@H](C)C1. The zero-order valence-corrected chi connectivity index (χ0v) is 13.0. The van der Waals surface area contributed by atoms with Crippen LogP contribution in [0.25, 0.3) is 0 Å². The first-order valence-electron chi connectivity index (χ1n) is 6.62. The van der Waals surface area contributed by atoms with Crippen LogP contribution in [0.5, 0.6) is 0 Å². The summed E-state index contributed by atoms with van der Waals surface area (Å²) in [7, 11) is -3.77. The Morgan fingerprint density at radius 3 is 2.38 bits per heavy atom. The third-order valence-electron chi connectivity index (χ3n) is 3.39. The monoisotopic (exact) mass is 314 g/mol.